The van der Waals surface area contributed by atoms with Crippen LogP contribution >= 0.6 is 0 Å². The van der Waals surface area contributed by atoms with Gasteiger partial charge in [0, 0.05) is 38.7 Å². The van der Waals surface area contributed by atoms with Crippen LogP contribution in [0.5, 0.6) is 11.5 Å². The fourth-order valence-corrected chi connectivity index (χ4v) is 10.2. The number of rotatable bonds is 4. The van der Waals surface area contributed by atoms with Gasteiger partial charge in [-0.3, -0.25) is 4.57 Å². The zero-order valence-corrected chi connectivity index (χ0v) is 33.0. The topological polar surface area (TPSA) is 39.9 Å². The standard InChI is InChI=1S/C57H35N3O/c1-3-15-37(16-4-1)55-45-34-43-41-19-7-8-20-46(41)57(47-21-9-13-25-53(47)61-54-26-14-10-22-48(54)57)49(43)35-42(45)44-33-39(31-32-50(44)58-55)36-27-29-38(30-28-36)56-59-51-23-11-12-24-52(51)60(56)40-17-5-2-6-18-40/h1-35H. The van der Waals surface area contributed by atoms with Gasteiger partial charge in [0.2, 0.25) is 0 Å². The van der Waals surface area contributed by atoms with E-state index in [-0.39, 0.29) is 0 Å². The summed E-state index contributed by atoms with van der Waals surface area (Å²) in [6.07, 6.45) is 0. The first-order chi connectivity index (χ1) is 30.2. The maximum atomic E-state index is 6.66. The minimum atomic E-state index is -0.572. The molecule has 1 spiro atoms. The maximum Gasteiger partial charge on any atom is 0.145 e. The van der Waals surface area contributed by atoms with Crippen molar-refractivity contribution in [2.24, 2.45) is 0 Å². The molecule has 0 unspecified atom stereocenters. The zero-order valence-electron chi connectivity index (χ0n) is 33.0. The van der Waals surface area contributed by atoms with Crippen molar-refractivity contribution in [3.05, 3.63) is 235 Å². The second kappa shape index (κ2) is 13.0. The Hall–Kier alpha value is -8.08. The van der Waals surface area contributed by atoms with Crippen molar-refractivity contribution < 1.29 is 4.74 Å². The number of imidazole rings is 1. The van der Waals surface area contributed by atoms with Crippen molar-refractivity contribution in [1.82, 2.24) is 14.5 Å². The number of fused-ring (bicyclic) bond motifs is 13. The summed E-state index contributed by atoms with van der Waals surface area (Å²) in [5, 5.41) is 3.42. The average molecular weight is 778 g/mol. The van der Waals surface area contributed by atoms with Gasteiger partial charge in [-0.2, -0.15) is 0 Å². The van der Waals surface area contributed by atoms with Crippen LogP contribution in [0.3, 0.4) is 0 Å². The SMILES string of the molecule is c1ccc(-c2nc3ccc(-c4ccc(-c5nc6ccccc6n5-c5ccccc5)cc4)cc3c3cc4c(cc23)-c2ccccc2C42c3ccccc3Oc3ccccc32)cc1. The Morgan fingerprint density at radius 2 is 1.00 bits per heavy atom. The predicted molar refractivity (Wildman–Crippen MR) is 248 cm³/mol. The third-order valence-corrected chi connectivity index (χ3v) is 12.9. The van der Waals surface area contributed by atoms with Gasteiger partial charge < -0.3 is 4.74 Å². The molecule has 2 aromatic heterocycles. The molecule has 284 valence electrons. The van der Waals surface area contributed by atoms with E-state index in [2.05, 4.69) is 211 Å². The Bertz CT molecular complexity index is 3510. The van der Waals surface area contributed by atoms with Gasteiger partial charge in [0.1, 0.15) is 17.3 Å². The smallest absolute Gasteiger partial charge is 0.145 e. The maximum absolute atomic E-state index is 6.66. The molecule has 0 saturated heterocycles. The largest absolute Gasteiger partial charge is 0.457 e. The molecular weight excluding hydrogens is 743 g/mol. The van der Waals surface area contributed by atoms with E-state index in [1.807, 2.05) is 6.07 Å². The molecule has 4 heteroatoms. The molecule has 4 nitrogen and oxygen atoms in total. The van der Waals surface area contributed by atoms with Crippen LogP contribution in [-0.2, 0) is 5.41 Å². The highest BCUT2D eigenvalue weighted by Gasteiger charge is 2.51. The molecule has 0 saturated carbocycles. The first-order valence-electron chi connectivity index (χ1n) is 20.8. The van der Waals surface area contributed by atoms with Gasteiger partial charge in [-0.15, -0.1) is 0 Å². The number of benzene rings is 9. The van der Waals surface area contributed by atoms with Crippen molar-refractivity contribution in [1.29, 1.82) is 0 Å². The second-order valence-electron chi connectivity index (χ2n) is 16.1. The Kier molecular flexibility index (Phi) is 7.19. The Morgan fingerprint density at radius 1 is 0.377 bits per heavy atom. The quantitative estimate of drug-likeness (QED) is 0.167. The molecule has 0 amide bonds. The molecule has 0 fully saturated rings. The summed E-state index contributed by atoms with van der Waals surface area (Å²) >= 11 is 0. The molecule has 9 aromatic carbocycles. The fourth-order valence-electron chi connectivity index (χ4n) is 10.2. The van der Waals surface area contributed by atoms with Gasteiger partial charge in [-0.05, 0) is 99.4 Å². The van der Waals surface area contributed by atoms with Crippen molar-refractivity contribution in [2.75, 3.05) is 0 Å². The fraction of sp³-hybridized carbons (Fsp3) is 0.0175. The third kappa shape index (κ3) is 4.87. The van der Waals surface area contributed by atoms with Crippen molar-refractivity contribution >= 4 is 32.7 Å². The molecule has 3 heterocycles. The van der Waals surface area contributed by atoms with Crippen LogP contribution in [0.2, 0.25) is 0 Å². The lowest BCUT2D eigenvalue weighted by molar-refractivity contribution is 0.436. The zero-order chi connectivity index (χ0) is 40.1. The third-order valence-electron chi connectivity index (χ3n) is 12.9. The average Bonchev–Trinajstić information content (AvgIpc) is 3.85. The van der Waals surface area contributed by atoms with Gasteiger partial charge >= 0.3 is 0 Å². The van der Waals surface area contributed by atoms with Crippen LogP contribution in [0.25, 0.3) is 83.3 Å². The Balaban J connectivity index is 1.04. The number of ether oxygens (including phenoxy) is 1. The summed E-state index contributed by atoms with van der Waals surface area (Å²) in [5.74, 6) is 2.69. The van der Waals surface area contributed by atoms with Crippen LogP contribution in [0.4, 0.5) is 0 Å². The summed E-state index contributed by atoms with van der Waals surface area (Å²) in [5.41, 5.74) is 16.2. The number of para-hydroxylation sites is 5. The highest BCUT2D eigenvalue weighted by molar-refractivity contribution is 6.14. The summed E-state index contributed by atoms with van der Waals surface area (Å²) < 4.78 is 8.91. The summed E-state index contributed by atoms with van der Waals surface area (Å²) in [6.45, 7) is 0. The van der Waals surface area contributed by atoms with E-state index in [0.29, 0.717) is 0 Å². The molecule has 0 N–H and O–H groups in total. The van der Waals surface area contributed by atoms with Gasteiger partial charge in [-0.1, -0.05) is 152 Å². The van der Waals surface area contributed by atoms with E-state index in [1.165, 1.54) is 27.6 Å². The van der Waals surface area contributed by atoms with Crippen molar-refractivity contribution in [2.45, 2.75) is 5.41 Å². The van der Waals surface area contributed by atoms with E-state index >= 15 is 0 Å². The lowest BCUT2D eigenvalue weighted by Gasteiger charge is -2.39. The molecule has 13 rings (SSSR count). The van der Waals surface area contributed by atoms with Crippen LogP contribution in [0.1, 0.15) is 22.3 Å². The molecule has 0 atom stereocenters. The van der Waals surface area contributed by atoms with E-state index < -0.39 is 5.41 Å². The number of hydrogen-bond acceptors (Lipinski definition) is 3. The molecular formula is C57H35N3O. The van der Waals surface area contributed by atoms with Crippen LogP contribution in [0.15, 0.2) is 212 Å². The van der Waals surface area contributed by atoms with Crippen molar-refractivity contribution in [3.63, 3.8) is 0 Å². The highest BCUT2D eigenvalue weighted by atomic mass is 16.5. The highest BCUT2D eigenvalue weighted by Crippen LogP contribution is 2.62. The minimum absolute atomic E-state index is 0.572. The number of hydrogen-bond donors (Lipinski definition) is 0. The Morgan fingerprint density at radius 3 is 1.77 bits per heavy atom. The van der Waals surface area contributed by atoms with Gasteiger partial charge in [-0.25, -0.2) is 9.97 Å². The minimum Gasteiger partial charge on any atom is -0.457 e. The summed E-state index contributed by atoms with van der Waals surface area (Å²) in [7, 11) is 0. The van der Waals surface area contributed by atoms with E-state index in [4.69, 9.17) is 14.7 Å². The van der Waals surface area contributed by atoms with E-state index in [9.17, 15) is 0 Å². The molecule has 1 aliphatic carbocycles. The summed E-state index contributed by atoms with van der Waals surface area (Å²) in [4.78, 5) is 10.6. The number of nitrogens with zero attached hydrogens (tertiary/aromatic N) is 3. The second-order valence-corrected chi connectivity index (χ2v) is 16.1. The number of aromatic nitrogens is 3. The van der Waals surface area contributed by atoms with E-state index in [1.54, 1.807) is 0 Å². The monoisotopic (exact) mass is 777 g/mol. The first-order valence-corrected chi connectivity index (χ1v) is 20.8. The summed E-state index contributed by atoms with van der Waals surface area (Å²) in [6, 6.07) is 75.9. The Labute approximate surface area is 352 Å². The molecule has 11 aromatic rings. The number of pyridine rings is 1. The first kappa shape index (κ1) is 33.8. The van der Waals surface area contributed by atoms with Crippen molar-refractivity contribution in [3.8, 4) is 62.1 Å². The van der Waals surface area contributed by atoms with Crippen LogP contribution in [-0.4, -0.2) is 14.5 Å². The van der Waals surface area contributed by atoms with E-state index in [0.717, 1.165) is 89.4 Å². The molecule has 0 radical (unpaired) electrons. The van der Waals surface area contributed by atoms with Gasteiger partial charge in [0.15, 0.2) is 0 Å². The predicted octanol–water partition coefficient (Wildman–Crippen LogP) is 14.2. The lowest BCUT2D eigenvalue weighted by Crippen LogP contribution is -2.32. The normalized spacial score (nSPS) is 13.2. The van der Waals surface area contributed by atoms with Gasteiger partial charge in [0.25, 0.3) is 0 Å². The van der Waals surface area contributed by atoms with Crippen LogP contribution in [0, 0.1) is 0 Å². The molecule has 1 aliphatic heterocycles. The van der Waals surface area contributed by atoms with Crippen LogP contribution < -0.4 is 4.74 Å². The van der Waals surface area contributed by atoms with Gasteiger partial charge in [0.05, 0.1) is 27.7 Å². The molecule has 0 bridgehead atoms. The lowest BCUT2D eigenvalue weighted by atomic mass is 9.66. The molecule has 61 heavy (non-hydrogen) atoms. The molecule has 2 aliphatic rings.